The van der Waals surface area contributed by atoms with E-state index in [0.29, 0.717) is 19.3 Å². The molecular formula is C58H112O6. The van der Waals surface area contributed by atoms with Crippen molar-refractivity contribution in [3.8, 4) is 0 Å². The lowest BCUT2D eigenvalue weighted by Gasteiger charge is -2.18. The van der Waals surface area contributed by atoms with Gasteiger partial charge in [0.1, 0.15) is 13.2 Å². The average molecular weight is 906 g/mol. The van der Waals surface area contributed by atoms with Crippen LogP contribution in [-0.4, -0.2) is 37.2 Å². The molecule has 0 fully saturated rings. The summed E-state index contributed by atoms with van der Waals surface area (Å²) in [6.45, 7) is 6.62. The first-order valence-corrected chi connectivity index (χ1v) is 29.0. The number of rotatable bonds is 54. The minimum atomic E-state index is -0.759. The SMILES string of the molecule is CCCCCCCCCCCCCCCCCCCCCCCCCCCC(=O)OCC(COC(=O)CCCCCCC)OC(=O)CCCCCCCCCCCCCCCCCC. The monoisotopic (exact) mass is 905 g/mol. The van der Waals surface area contributed by atoms with Crippen molar-refractivity contribution < 1.29 is 28.6 Å². The molecule has 6 nitrogen and oxygen atoms in total. The van der Waals surface area contributed by atoms with Gasteiger partial charge < -0.3 is 14.2 Å². The number of hydrogen-bond donors (Lipinski definition) is 0. The van der Waals surface area contributed by atoms with Gasteiger partial charge in [0, 0.05) is 19.3 Å². The van der Waals surface area contributed by atoms with Crippen molar-refractivity contribution in [3.05, 3.63) is 0 Å². The lowest BCUT2D eigenvalue weighted by molar-refractivity contribution is -0.167. The summed E-state index contributed by atoms with van der Waals surface area (Å²) >= 11 is 0. The molecule has 0 aliphatic rings. The third-order valence-corrected chi connectivity index (χ3v) is 13.4. The Kier molecular flexibility index (Phi) is 52.7. The second-order valence-corrected chi connectivity index (χ2v) is 19.9. The van der Waals surface area contributed by atoms with Gasteiger partial charge in [-0.15, -0.1) is 0 Å². The van der Waals surface area contributed by atoms with Crippen LogP contribution < -0.4 is 0 Å². The molecule has 6 heteroatoms. The van der Waals surface area contributed by atoms with Gasteiger partial charge >= 0.3 is 17.9 Å². The van der Waals surface area contributed by atoms with Crippen molar-refractivity contribution in [1.29, 1.82) is 0 Å². The van der Waals surface area contributed by atoms with E-state index in [-0.39, 0.29) is 31.1 Å². The molecule has 1 unspecified atom stereocenters. The van der Waals surface area contributed by atoms with Crippen molar-refractivity contribution in [3.63, 3.8) is 0 Å². The fraction of sp³-hybridized carbons (Fsp3) is 0.948. The molecule has 0 N–H and O–H groups in total. The van der Waals surface area contributed by atoms with E-state index in [1.165, 1.54) is 231 Å². The van der Waals surface area contributed by atoms with Gasteiger partial charge in [0.05, 0.1) is 0 Å². The van der Waals surface area contributed by atoms with E-state index in [1.807, 2.05) is 0 Å². The number of hydrogen-bond acceptors (Lipinski definition) is 6. The molecule has 1 atom stereocenters. The maximum atomic E-state index is 12.8. The molecule has 0 aromatic carbocycles. The van der Waals surface area contributed by atoms with Crippen molar-refractivity contribution in [2.75, 3.05) is 13.2 Å². The normalized spacial score (nSPS) is 11.9. The molecule has 0 aliphatic heterocycles. The first-order valence-electron chi connectivity index (χ1n) is 29.0. The lowest BCUT2D eigenvalue weighted by atomic mass is 10.0. The lowest BCUT2D eigenvalue weighted by Crippen LogP contribution is -2.30. The van der Waals surface area contributed by atoms with Crippen LogP contribution in [0.15, 0.2) is 0 Å². The summed E-state index contributed by atoms with van der Waals surface area (Å²) in [5.41, 5.74) is 0. The predicted molar refractivity (Wildman–Crippen MR) is 275 cm³/mol. The van der Waals surface area contributed by atoms with Crippen LogP contribution in [0, 0.1) is 0 Å². The molecule has 0 radical (unpaired) electrons. The highest BCUT2D eigenvalue weighted by atomic mass is 16.6. The predicted octanol–water partition coefficient (Wildman–Crippen LogP) is 19.2. The van der Waals surface area contributed by atoms with Crippen LogP contribution in [0.2, 0.25) is 0 Å². The molecule has 0 aromatic heterocycles. The molecule has 0 bridgehead atoms. The fourth-order valence-corrected chi connectivity index (χ4v) is 8.98. The average Bonchev–Trinajstić information content (AvgIpc) is 3.29. The molecule has 0 heterocycles. The summed E-state index contributed by atoms with van der Waals surface area (Å²) < 4.78 is 16.7. The van der Waals surface area contributed by atoms with Crippen molar-refractivity contribution in [2.45, 2.75) is 341 Å². The van der Waals surface area contributed by atoms with Crippen LogP contribution in [-0.2, 0) is 28.6 Å². The van der Waals surface area contributed by atoms with E-state index in [0.717, 1.165) is 64.2 Å². The quantitative estimate of drug-likeness (QED) is 0.0344. The summed E-state index contributed by atoms with van der Waals surface area (Å²) in [7, 11) is 0. The van der Waals surface area contributed by atoms with Crippen LogP contribution in [0.25, 0.3) is 0 Å². The molecule has 380 valence electrons. The molecule has 0 saturated heterocycles. The summed E-state index contributed by atoms with van der Waals surface area (Å²) in [5, 5.41) is 0. The first kappa shape index (κ1) is 62.4. The largest absolute Gasteiger partial charge is 0.462 e. The molecule has 0 saturated carbocycles. The summed E-state index contributed by atoms with van der Waals surface area (Å²) in [5.74, 6) is -0.852. The molecule has 0 aliphatic carbocycles. The Bertz CT molecular complexity index is 951. The maximum Gasteiger partial charge on any atom is 0.306 e. The summed E-state index contributed by atoms with van der Waals surface area (Å²) in [6.07, 6.45) is 60.1. The van der Waals surface area contributed by atoms with Gasteiger partial charge in [-0.3, -0.25) is 14.4 Å². The van der Waals surface area contributed by atoms with Crippen molar-refractivity contribution in [1.82, 2.24) is 0 Å². The highest BCUT2D eigenvalue weighted by Crippen LogP contribution is 2.18. The van der Waals surface area contributed by atoms with Crippen molar-refractivity contribution >= 4 is 17.9 Å². The van der Waals surface area contributed by atoms with E-state index in [9.17, 15) is 14.4 Å². The molecular weight excluding hydrogens is 793 g/mol. The smallest absolute Gasteiger partial charge is 0.306 e. The molecule has 0 aromatic rings. The molecule has 0 spiro atoms. The number of unbranched alkanes of at least 4 members (excludes halogenated alkanes) is 43. The Balaban J connectivity index is 3.97. The Morgan fingerprint density at radius 2 is 0.422 bits per heavy atom. The van der Waals surface area contributed by atoms with E-state index in [2.05, 4.69) is 20.8 Å². The van der Waals surface area contributed by atoms with Gasteiger partial charge in [-0.05, 0) is 19.3 Å². The van der Waals surface area contributed by atoms with E-state index < -0.39 is 6.10 Å². The third kappa shape index (κ3) is 51.4. The van der Waals surface area contributed by atoms with Crippen LogP contribution in [0.5, 0.6) is 0 Å². The maximum absolute atomic E-state index is 12.8. The second kappa shape index (κ2) is 54.0. The Labute approximate surface area is 399 Å². The van der Waals surface area contributed by atoms with Gasteiger partial charge in [-0.1, -0.05) is 297 Å². The van der Waals surface area contributed by atoms with E-state index >= 15 is 0 Å². The Morgan fingerprint density at radius 3 is 0.625 bits per heavy atom. The third-order valence-electron chi connectivity index (χ3n) is 13.4. The fourth-order valence-electron chi connectivity index (χ4n) is 8.98. The number of carbonyl (C=O) groups excluding carboxylic acids is 3. The van der Waals surface area contributed by atoms with E-state index in [1.54, 1.807) is 0 Å². The number of ether oxygens (including phenoxy) is 3. The highest BCUT2D eigenvalue weighted by molar-refractivity contribution is 5.71. The Morgan fingerprint density at radius 1 is 0.250 bits per heavy atom. The topological polar surface area (TPSA) is 78.9 Å². The van der Waals surface area contributed by atoms with E-state index in [4.69, 9.17) is 14.2 Å². The molecule has 0 amide bonds. The van der Waals surface area contributed by atoms with Crippen LogP contribution >= 0.6 is 0 Å². The summed E-state index contributed by atoms with van der Waals surface area (Å²) in [6, 6.07) is 0. The van der Waals surface area contributed by atoms with Gasteiger partial charge in [0.2, 0.25) is 0 Å². The van der Waals surface area contributed by atoms with Gasteiger partial charge in [-0.25, -0.2) is 0 Å². The zero-order valence-corrected chi connectivity index (χ0v) is 43.6. The minimum absolute atomic E-state index is 0.0627. The van der Waals surface area contributed by atoms with Gasteiger partial charge in [0.25, 0.3) is 0 Å². The number of carbonyl (C=O) groups is 3. The van der Waals surface area contributed by atoms with Gasteiger partial charge in [-0.2, -0.15) is 0 Å². The van der Waals surface area contributed by atoms with Crippen LogP contribution in [0.1, 0.15) is 335 Å². The number of esters is 3. The van der Waals surface area contributed by atoms with Crippen LogP contribution in [0.4, 0.5) is 0 Å². The minimum Gasteiger partial charge on any atom is -0.462 e. The Hall–Kier alpha value is -1.59. The van der Waals surface area contributed by atoms with Crippen molar-refractivity contribution in [2.24, 2.45) is 0 Å². The molecule has 0 rings (SSSR count). The zero-order chi connectivity index (χ0) is 46.5. The highest BCUT2D eigenvalue weighted by Gasteiger charge is 2.19. The molecule has 64 heavy (non-hydrogen) atoms. The second-order valence-electron chi connectivity index (χ2n) is 19.9. The van der Waals surface area contributed by atoms with Gasteiger partial charge in [0.15, 0.2) is 6.10 Å². The first-order chi connectivity index (χ1) is 31.5. The summed E-state index contributed by atoms with van der Waals surface area (Å²) in [4.78, 5) is 37.8. The zero-order valence-electron chi connectivity index (χ0n) is 43.6. The van der Waals surface area contributed by atoms with Crippen LogP contribution in [0.3, 0.4) is 0 Å². The standard InChI is InChI=1S/C58H112O6/c1-4-7-10-13-15-17-19-21-23-25-26-27-28-29-30-31-32-33-35-36-38-40-42-45-48-51-57(60)63-54-55(53-62-56(59)50-47-44-12-9-6-3)64-58(61)52-49-46-43-41-39-37-34-24-22-20-18-16-14-11-8-5-2/h55H,4-54H2,1-3H3.